The van der Waals surface area contributed by atoms with E-state index in [1.165, 1.54) is 10.6 Å². The third-order valence-corrected chi connectivity index (χ3v) is 6.58. The lowest BCUT2D eigenvalue weighted by Crippen LogP contribution is -2.29. The first-order valence-corrected chi connectivity index (χ1v) is 12.7. The van der Waals surface area contributed by atoms with Gasteiger partial charge < -0.3 is 10.1 Å². The summed E-state index contributed by atoms with van der Waals surface area (Å²) in [5, 5.41) is 3.44. The number of nitrogens with one attached hydrogen (secondary N) is 1. The molecule has 0 fully saturated rings. The van der Waals surface area contributed by atoms with Crippen molar-refractivity contribution in [2.75, 3.05) is 23.7 Å². The van der Waals surface area contributed by atoms with Crippen LogP contribution in [0.5, 0.6) is 5.75 Å². The van der Waals surface area contributed by atoms with Gasteiger partial charge in [0.15, 0.2) is 0 Å². The van der Waals surface area contributed by atoms with E-state index in [0.29, 0.717) is 35.2 Å². The third-order valence-electron chi connectivity index (χ3n) is 5.19. The number of nitrogens with zero attached hydrogens (tertiary/aromatic N) is 1. The third kappa shape index (κ3) is 6.97. The number of aryl methyl sites for hydroxylation is 2. The molecule has 0 aliphatic heterocycles. The van der Waals surface area contributed by atoms with Gasteiger partial charge in [0.1, 0.15) is 12.4 Å². The lowest BCUT2D eigenvalue weighted by Gasteiger charge is -2.23. The molecule has 0 heterocycles. The summed E-state index contributed by atoms with van der Waals surface area (Å²) in [6.45, 7) is 4.78. The van der Waals surface area contributed by atoms with Gasteiger partial charge in [-0.2, -0.15) is 0 Å². The van der Waals surface area contributed by atoms with E-state index in [0.717, 1.165) is 16.7 Å². The molecule has 8 heteroatoms. The molecule has 0 spiro atoms. The molecule has 0 aliphatic rings. The second-order valence-electron chi connectivity index (χ2n) is 7.79. The minimum Gasteiger partial charge on any atom is -0.492 e. The molecule has 0 atom stereocenters. The summed E-state index contributed by atoms with van der Waals surface area (Å²) in [4.78, 5) is 12.4. The van der Waals surface area contributed by atoms with E-state index in [4.69, 9.17) is 16.3 Å². The fourth-order valence-electron chi connectivity index (χ4n) is 3.17. The summed E-state index contributed by atoms with van der Waals surface area (Å²) >= 11 is 5.84. The van der Waals surface area contributed by atoms with Crippen LogP contribution in [-0.4, -0.2) is 33.7 Å². The first kappa shape index (κ1) is 24.6. The summed E-state index contributed by atoms with van der Waals surface area (Å²) in [6.07, 6.45) is 1.19. The van der Waals surface area contributed by atoms with Crippen LogP contribution < -0.4 is 14.4 Å². The first-order chi connectivity index (χ1) is 15.6. The monoisotopic (exact) mass is 486 g/mol. The second-order valence-corrected chi connectivity index (χ2v) is 10.1. The molecule has 6 nitrogen and oxygen atoms in total. The van der Waals surface area contributed by atoms with Gasteiger partial charge in [-0.15, -0.1) is 0 Å². The van der Waals surface area contributed by atoms with Crippen molar-refractivity contribution < 1.29 is 17.9 Å². The number of carbonyl (C=O) groups excluding carboxylic acids is 1. The molecular weight excluding hydrogens is 460 g/mol. The Bertz CT molecular complexity index is 1210. The van der Waals surface area contributed by atoms with Gasteiger partial charge >= 0.3 is 0 Å². The molecule has 174 valence electrons. The minimum atomic E-state index is -3.48. The molecule has 0 aromatic heterocycles. The Morgan fingerprint density at radius 1 is 0.970 bits per heavy atom. The Balaban J connectivity index is 1.59. The molecule has 33 heavy (non-hydrogen) atoms. The van der Waals surface area contributed by atoms with Crippen LogP contribution in [0.25, 0.3) is 0 Å². The second kappa shape index (κ2) is 10.7. The molecule has 1 N–H and O–H groups in total. The van der Waals surface area contributed by atoms with Crippen LogP contribution in [0.15, 0.2) is 66.7 Å². The molecule has 3 aromatic rings. The van der Waals surface area contributed by atoms with Gasteiger partial charge in [0.2, 0.25) is 10.0 Å². The van der Waals surface area contributed by atoms with Gasteiger partial charge in [-0.05, 0) is 79.1 Å². The number of carbonyl (C=O) groups is 1. The SMILES string of the molecule is Cc1ccc(N(Cc2ccc(C(=O)NCCOc3ccc(Cl)cc3)cc2)S(C)(=O)=O)cc1C. The molecule has 0 unspecified atom stereocenters. The van der Waals surface area contributed by atoms with E-state index in [2.05, 4.69) is 5.32 Å². The highest BCUT2D eigenvalue weighted by molar-refractivity contribution is 7.92. The smallest absolute Gasteiger partial charge is 0.251 e. The summed E-state index contributed by atoms with van der Waals surface area (Å²) in [7, 11) is -3.48. The first-order valence-electron chi connectivity index (χ1n) is 10.4. The van der Waals surface area contributed by atoms with Crippen molar-refractivity contribution in [2.45, 2.75) is 20.4 Å². The molecular formula is C25H27ClN2O4S. The van der Waals surface area contributed by atoms with E-state index in [1.54, 1.807) is 54.6 Å². The summed E-state index contributed by atoms with van der Waals surface area (Å²) in [5.41, 5.74) is 4.00. The van der Waals surface area contributed by atoms with Crippen molar-refractivity contribution in [1.29, 1.82) is 0 Å². The Hall–Kier alpha value is -3.03. The maximum atomic E-state index is 12.4. The highest BCUT2D eigenvalue weighted by atomic mass is 35.5. The van der Waals surface area contributed by atoms with Crippen molar-refractivity contribution >= 4 is 33.2 Å². The number of sulfonamides is 1. The zero-order valence-corrected chi connectivity index (χ0v) is 20.4. The number of hydrogen-bond acceptors (Lipinski definition) is 4. The predicted octanol–water partition coefficient (Wildman–Crippen LogP) is 4.73. The topological polar surface area (TPSA) is 75.7 Å². The van der Waals surface area contributed by atoms with E-state index >= 15 is 0 Å². The fourth-order valence-corrected chi connectivity index (χ4v) is 4.18. The Morgan fingerprint density at radius 2 is 1.64 bits per heavy atom. The number of amides is 1. The van der Waals surface area contributed by atoms with Crippen molar-refractivity contribution in [2.24, 2.45) is 0 Å². The Morgan fingerprint density at radius 3 is 2.24 bits per heavy atom. The van der Waals surface area contributed by atoms with Crippen LogP contribution in [0, 0.1) is 13.8 Å². The zero-order chi connectivity index (χ0) is 24.0. The van der Waals surface area contributed by atoms with Crippen LogP contribution in [0.2, 0.25) is 5.02 Å². The van der Waals surface area contributed by atoms with Gasteiger partial charge in [0, 0.05) is 10.6 Å². The summed E-state index contributed by atoms with van der Waals surface area (Å²) in [6, 6.07) is 19.5. The van der Waals surface area contributed by atoms with Gasteiger partial charge in [0.25, 0.3) is 5.91 Å². The number of benzene rings is 3. The fraction of sp³-hybridized carbons (Fsp3) is 0.240. The van der Waals surface area contributed by atoms with Gasteiger partial charge in [-0.3, -0.25) is 9.10 Å². The number of ether oxygens (including phenoxy) is 1. The van der Waals surface area contributed by atoms with Crippen molar-refractivity contribution in [1.82, 2.24) is 5.32 Å². The minimum absolute atomic E-state index is 0.179. The van der Waals surface area contributed by atoms with Crippen LogP contribution in [0.3, 0.4) is 0 Å². The average molecular weight is 487 g/mol. The molecule has 0 radical (unpaired) electrons. The molecule has 0 bridgehead atoms. The lowest BCUT2D eigenvalue weighted by atomic mass is 10.1. The van der Waals surface area contributed by atoms with E-state index in [9.17, 15) is 13.2 Å². The maximum Gasteiger partial charge on any atom is 0.251 e. The van der Waals surface area contributed by atoms with Crippen molar-refractivity contribution in [3.05, 3.63) is 94.0 Å². The number of anilines is 1. The van der Waals surface area contributed by atoms with Gasteiger partial charge in [0.05, 0.1) is 25.0 Å². The van der Waals surface area contributed by atoms with Crippen molar-refractivity contribution in [3.8, 4) is 5.75 Å². The van der Waals surface area contributed by atoms with Crippen LogP contribution >= 0.6 is 11.6 Å². The maximum absolute atomic E-state index is 12.4. The largest absolute Gasteiger partial charge is 0.492 e. The summed E-state index contributed by atoms with van der Waals surface area (Å²) < 4.78 is 31.8. The molecule has 3 rings (SSSR count). The quantitative estimate of drug-likeness (QED) is 0.443. The molecule has 1 amide bonds. The van der Waals surface area contributed by atoms with E-state index in [1.807, 2.05) is 26.0 Å². The standard InChI is InChI=1S/C25H27ClN2O4S/c1-18-4-11-23(16-19(18)2)28(33(3,30)31)17-20-5-7-21(8-6-20)25(29)27-14-15-32-24-12-9-22(26)10-13-24/h4-13,16H,14-15,17H2,1-3H3,(H,27,29). The van der Waals surface area contributed by atoms with E-state index in [-0.39, 0.29) is 12.5 Å². The number of hydrogen-bond donors (Lipinski definition) is 1. The van der Waals surface area contributed by atoms with Crippen molar-refractivity contribution in [3.63, 3.8) is 0 Å². The number of halogens is 1. The van der Waals surface area contributed by atoms with Crippen LogP contribution in [0.4, 0.5) is 5.69 Å². The molecule has 3 aromatic carbocycles. The summed E-state index contributed by atoms with van der Waals surface area (Å²) in [5.74, 6) is 0.451. The Labute approximate surface area is 200 Å². The Kier molecular flexibility index (Phi) is 8.00. The normalized spacial score (nSPS) is 11.2. The highest BCUT2D eigenvalue weighted by Crippen LogP contribution is 2.23. The van der Waals surface area contributed by atoms with E-state index < -0.39 is 10.0 Å². The highest BCUT2D eigenvalue weighted by Gasteiger charge is 2.18. The molecule has 0 aliphatic carbocycles. The molecule has 0 saturated heterocycles. The van der Waals surface area contributed by atoms with Crippen LogP contribution in [0.1, 0.15) is 27.0 Å². The zero-order valence-electron chi connectivity index (χ0n) is 18.8. The van der Waals surface area contributed by atoms with Gasteiger partial charge in [-0.1, -0.05) is 29.8 Å². The average Bonchev–Trinajstić information content (AvgIpc) is 2.78. The predicted molar refractivity (Wildman–Crippen MR) is 133 cm³/mol. The molecule has 0 saturated carbocycles. The number of rotatable bonds is 9. The lowest BCUT2D eigenvalue weighted by molar-refractivity contribution is 0.0947. The van der Waals surface area contributed by atoms with Crippen LogP contribution in [-0.2, 0) is 16.6 Å². The van der Waals surface area contributed by atoms with Gasteiger partial charge in [-0.25, -0.2) is 8.42 Å².